The maximum absolute atomic E-state index is 13.5. The molecule has 0 aromatic heterocycles. The molecule has 18 heavy (non-hydrogen) atoms. The van der Waals surface area contributed by atoms with Crippen LogP contribution in [0.4, 0.5) is 21.5 Å². The highest BCUT2D eigenvalue weighted by Gasteiger charge is 2.07. The first-order chi connectivity index (χ1) is 8.47. The van der Waals surface area contributed by atoms with Crippen LogP contribution in [-0.4, -0.2) is 0 Å². The van der Waals surface area contributed by atoms with E-state index in [0.29, 0.717) is 27.6 Å². The number of hydrogen-bond donors (Lipinski definition) is 2. The predicted molar refractivity (Wildman–Crippen MR) is 78.0 cm³/mol. The number of rotatable bonds is 2. The van der Waals surface area contributed by atoms with Crippen LogP contribution in [0.25, 0.3) is 0 Å². The summed E-state index contributed by atoms with van der Waals surface area (Å²) in [4.78, 5) is 0. The van der Waals surface area contributed by atoms with E-state index < -0.39 is 0 Å². The normalized spacial score (nSPS) is 10.4. The maximum Gasteiger partial charge on any atom is 0.128 e. The van der Waals surface area contributed by atoms with Crippen LogP contribution in [0, 0.1) is 12.7 Å². The summed E-state index contributed by atoms with van der Waals surface area (Å²) in [5.74, 6) is -0.308. The second-order valence-corrected chi connectivity index (χ2v) is 5.26. The fourth-order valence-electron chi connectivity index (χ4n) is 1.53. The molecule has 0 saturated heterocycles. The minimum atomic E-state index is -0.308. The molecular formula is C13H11BrClFN2. The SMILES string of the molecule is Cc1cc(Cl)c(Nc2ccc(Br)cc2N)cc1F. The van der Waals surface area contributed by atoms with Crippen LogP contribution in [0.1, 0.15) is 5.56 Å². The molecule has 0 spiro atoms. The molecule has 0 radical (unpaired) electrons. The van der Waals surface area contributed by atoms with Gasteiger partial charge in [0.2, 0.25) is 0 Å². The van der Waals surface area contributed by atoms with Crippen molar-refractivity contribution in [2.75, 3.05) is 11.1 Å². The summed E-state index contributed by atoms with van der Waals surface area (Å²) >= 11 is 9.38. The van der Waals surface area contributed by atoms with Crippen LogP contribution in [-0.2, 0) is 0 Å². The average Bonchev–Trinajstić information content (AvgIpc) is 2.29. The molecule has 0 aliphatic heterocycles. The van der Waals surface area contributed by atoms with Gasteiger partial charge in [-0.05, 0) is 42.8 Å². The van der Waals surface area contributed by atoms with Gasteiger partial charge in [0.25, 0.3) is 0 Å². The Bertz CT molecular complexity index is 602. The highest BCUT2D eigenvalue weighted by molar-refractivity contribution is 9.10. The van der Waals surface area contributed by atoms with Crippen molar-refractivity contribution < 1.29 is 4.39 Å². The molecule has 0 heterocycles. The van der Waals surface area contributed by atoms with E-state index in [1.807, 2.05) is 6.07 Å². The molecule has 3 N–H and O–H groups in total. The topological polar surface area (TPSA) is 38.0 Å². The summed E-state index contributed by atoms with van der Waals surface area (Å²) in [6.07, 6.45) is 0. The standard InChI is InChI=1S/C13H11BrClFN2/c1-7-4-9(15)13(6-10(7)16)18-12-3-2-8(14)5-11(12)17/h2-6,18H,17H2,1H3. The molecule has 0 aliphatic rings. The summed E-state index contributed by atoms with van der Waals surface area (Å²) in [5.41, 5.74) is 8.10. The lowest BCUT2D eigenvalue weighted by Crippen LogP contribution is -1.98. The van der Waals surface area contributed by atoms with Gasteiger partial charge in [-0.15, -0.1) is 0 Å². The molecular weight excluding hydrogens is 319 g/mol. The fraction of sp³-hybridized carbons (Fsp3) is 0.0769. The number of halogens is 3. The molecule has 0 atom stereocenters. The largest absolute Gasteiger partial charge is 0.397 e. The zero-order valence-corrected chi connectivity index (χ0v) is 11.9. The van der Waals surface area contributed by atoms with Crippen molar-refractivity contribution in [3.8, 4) is 0 Å². The number of benzene rings is 2. The van der Waals surface area contributed by atoms with Crippen molar-refractivity contribution in [2.45, 2.75) is 6.92 Å². The third-order valence-electron chi connectivity index (χ3n) is 2.53. The first kappa shape index (κ1) is 13.2. The smallest absolute Gasteiger partial charge is 0.128 e. The van der Waals surface area contributed by atoms with Gasteiger partial charge in [0, 0.05) is 4.47 Å². The van der Waals surface area contributed by atoms with Gasteiger partial charge in [-0.2, -0.15) is 0 Å². The van der Waals surface area contributed by atoms with Crippen molar-refractivity contribution in [3.63, 3.8) is 0 Å². The summed E-state index contributed by atoms with van der Waals surface area (Å²) in [7, 11) is 0. The quantitative estimate of drug-likeness (QED) is 0.771. The Kier molecular flexibility index (Phi) is 3.78. The maximum atomic E-state index is 13.5. The average molecular weight is 330 g/mol. The van der Waals surface area contributed by atoms with Gasteiger partial charge in [0.05, 0.1) is 22.1 Å². The van der Waals surface area contributed by atoms with E-state index in [-0.39, 0.29) is 5.82 Å². The Morgan fingerprint density at radius 1 is 1.22 bits per heavy atom. The Morgan fingerprint density at radius 3 is 2.61 bits per heavy atom. The van der Waals surface area contributed by atoms with Gasteiger partial charge < -0.3 is 11.1 Å². The molecule has 0 aliphatic carbocycles. The molecule has 2 aromatic carbocycles. The first-order valence-corrected chi connectivity index (χ1v) is 6.42. The van der Waals surface area contributed by atoms with E-state index in [1.54, 1.807) is 25.1 Å². The Morgan fingerprint density at radius 2 is 1.94 bits per heavy atom. The number of nitrogen functional groups attached to an aromatic ring is 1. The minimum absolute atomic E-state index is 0.308. The monoisotopic (exact) mass is 328 g/mol. The van der Waals surface area contributed by atoms with Crippen molar-refractivity contribution in [2.24, 2.45) is 0 Å². The minimum Gasteiger partial charge on any atom is -0.397 e. The Labute approximate surface area is 118 Å². The second kappa shape index (κ2) is 5.16. The van der Waals surface area contributed by atoms with Gasteiger partial charge in [-0.1, -0.05) is 27.5 Å². The van der Waals surface area contributed by atoms with Crippen LogP contribution < -0.4 is 11.1 Å². The molecule has 2 aromatic rings. The van der Waals surface area contributed by atoms with Crippen molar-refractivity contribution in [1.29, 1.82) is 0 Å². The summed E-state index contributed by atoms with van der Waals surface area (Å²) in [6.45, 7) is 1.67. The van der Waals surface area contributed by atoms with E-state index in [1.165, 1.54) is 6.07 Å². The van der Waals surface area contributed by atoms with Crippen molar-refractivity contribution >= 4 is 44.6 Å². The molecule has 2 nitrogen and oxygen atoms in total. The second-order valence-electron chi connectivity index (χ2n) is 3.94. The third-order valence-corrected chi connectivity index (χ3v) is 3.34. The van der Waals surface area contributed by atoms with Crippen molar-refractivity contribution in [3.05, 3.63) is 51.2 Å². The summed E-state index contributed by atoms with van der Waals surface area (Å²) in [6, 6.07) is 8.35. The van der Waals surface area contributed by atoms with Crippen LogP contribution in [0.2, 0.25) is 5.02 Å². The van der Waals surface area contributed by atoms with Crippen LogP contribution >= 0.6 is 27.5 Å². The number of hydrogen-bond acceptors (Lipinski definition) is 2. The zero-order chi connectivity index (χ0) is 13.3. The number of anilines is 3. The van der Waals surface area contributed by atoms with Crippen LogP contribution in [0.15, 0.2) is 34.8 Å². The Hall–Kier alpha value is -1.26. The highest BCUT2D eigenvalue weighted by atomic mass is 79.9. The lowest BCUT2D eigenvalue weighted by atomic mass is 10.2. The zero-order valence-electron chi connectivity index (χ0n) is 9.60. The van der Waals surface area contributed by atoms with Gasteiger partial charge in [0.1, 0.15) is 5.82 Å². The van der Waals surface area contributed by atoms with Crippen LogP contribution in [0.3, 0.4) is 0 Å². The number of nitrogens with one attached hydrogen (secondary N) is 1. The van der Waals surface area contributed by atoms with E-state index in [4.69, 9.17) is 17.3 Å². The molecule has 0 saturated carbocycles. The van der Waals surface area contributed by atoms with Gasteiger partial charge in [0.15, 0.2) is 0 Å². The number of nitrogens with two attached hydrogens (primary N) is 1. The Balaban J connectivity index is 2.37. The lowest BCUT2D eigenvalue weighted by Gasteiger charge is -2.12. The molecule has 2 rings (SSSR count). The summed E-state index contributed by atoms with van der Waals surface area (Å²) < 4.78 is 14.4. The molecule has 0 amide bonds. The molecule has 94 valence electrons. The van der Waals surface area contributed by atoms with E-state index in [0.717, 1.165) is 4.47 Å². The van der Waals surface area contributed by atoms with E-state index in [9.17, 15) is 4.39 Å². The highest BCUT2D eigenvalue weighted by Crippen LogP contribution is 2.31. The fourth-order valence-corrected chi connectivity index (χ4v) is 2.18. The third kappa shape index (κ3) is 2.76. The van der Waals surface area contributed by atoms with Crippen molar-refractivity contribution in [1.82, 2.24) is 0 Å². The lowest BCUT2D eigenvalue weighted by molar-refractivity contribution is 0.619. The van der Waals surface area contributed by atoms with Crippen LogP contribution in [0.5, 0.6) is 0 Å². The molecule has 0 bridgehead atoms. The van der Waals surface area contributed by atoms with E-state index >= 15 is 0 Å². The molecule has 0 unspecified atom stereocenters. The molecule has 5 heteroatoms. The predicted octanol–water partition coefficient (Wildman–Crippen LogP) is 4.88. The molecule has 0 fully saturated rings. The van der Waals surface area contributed by atoms with Gasteiger partial charge >= 0.3 is 0 Å². The van der Waals surface area contributed by atoms with E-state index in [2.05, 4.69) is 21.2 Å². The number of aryl methyl sites for hydroxylation is 1. The van der Waals surface area contributed by atoms with Gasteiger partial charge in [-0.25, -0.2) is 4.39 Å². The van der Waals surface area contributed by atoms with Gasteiger partial charge in [-0.3, -0.25) is 0 Å². The summed E-state index contributed by atoms with van der Waals surface area (Å²) in [5, 5.41) is 3.47. The first-order valence-electron chi connectivity index (χ1n) is 5.25.